The summed E-state index contributed by atoms with van der Waals surface area (Å²) in [6, 6.07) is 33.7. The van der Waals surface area contributed by atoms with Crippen LogP contribution in [0.1, 0.15) is 10.4 Å². The third-order valence-corrected chi connectivity index (χ3v) is 7.25. The SMILES string of the molecule is O=C(O)c1cc(NC(=O)n2c3ccccc3c3ccccc32)cc(NC(=O)n2c3ccccc3c3ccccc32)c1. The maximum absolute atomic E-state index is 13.6. The fourth-order valence-corrected chi connectivity index (χ4v) is 5.54. The van der Waals surface area contributed by atoms with Crippen molar-refractivity contribution in [2.45, 2.75) is 0 Å². The van der Waals surface area contributed by atoms with Gasteiger partial charge in [-0.25, -0.2) is 14.4 Å². The van der Waals surface area contributed by atoms with Gasteiger partial charge in [0.15, 0.2) is 0 Å². The first kappa shape index (κ1) is 24.2. The summed E-state index contributed by atoms with van der Waals surface area (Å²) in [7, 11) is 0. The number of hydrogen-bond acceptors (Lipinski definition) is 3. The maximum Gasteiger partial charge on any atom is 0.335 e. The summed E-state index contributed by atoms with van der Waals surface area (Å²) < 4.78 is 3.13. The number of amides is 2. The molecule has 0 saturated carbocycles. The van der Waals surface area contributed by atoms with Crippen molar-refractivity contribution in [1.82, 2.24) is 9.13 Å². The van der Waals surface area contributed by atoms with E-state index in [9.17, 15) is 19.5 Å². The number of carboxylic acids is 1. The lowest BCUT2D eigenvalue weighted by Gasteiger charge is -2.13. The predicted octanol–water partition coefficient (Wildman–Crippen LogP) is 7.76. The summed E-state index contributed by atoms with van der Waals surface area (Å²) in [5.74, 6) is -1.19. The number of benzene rings is 5. The van der Waals surface area contributed by atoms with Crippen molar-refractivity contribution in [1.29, 1.82) is 0 Å². The van der Waals surface area contributed by atoms with Crippen LogP contribution in [0, 0.1) is 0 Å². The lowest BCUT2D eigenvalue weighted by atomic mass is 10.1. The molecule has 0 spiro atoms. The molecule has 3 N–H and O–H groups in total. The molecule has 0 aliphatic carbocycles. The van der Waals surface area contributed by atoms with Crippen molar-refractivity contribution in [2.75, 3.05) is 10.6 Å². The van der Waals surface area contributed by atoms with E-state index in [-0.39, 0.29) is 16.9 Å². The molecule has 0 aliphatic heterocycles. The zero-order valence-corrected chi connectivity index (χ0v) is 21.5. The molecule has 5 aromatic carbocycles. The van der Waals surface area contributed by atoms with Crippen molar-refractivity contribution in [3.63, 3.8) is 0 Å². The normalized spacial score (nSPS) is 11.3. The number of carbonyl (C=O) groups excluding carboxylic acids is 2. The van der Waals surface area contributed by atoms with Gasteiger partial charge in [0.25, 0.3) is 0 Å². The highest BCUT2D eigenvalue weighted by Crippen LogP contribution is 2.31. The van der Waals surface area contributed by atoms with Crippen LogP contribution in [0.3, 0.4) is 0 Å². The number of aromatic nitrogens is 2. The Labute approximate surface area is 233 Å². The molecule has 7 rings (SSSR count). The molecule has 7 aromatic rings. The number of nitrogens with one attached hydrogen (secondary N) is 2. The molecule has 2 amide bonds. The van der Waals surface area contributed by atoms with Gasteiger partial charge < -0.3 is 15.7 Å². The number of fused-ring (bicyclic) bond motifs is 6. The highest BCUT2D eigenvalue weighted by Gasteiger charge is 2.19. The van der Waals surface area contributed by atoms with E-state index in [4.69, 9.17) is 0 Å². The quantitative estimate of drug-likeness (QED) is 0.214. The first-order valence-electron chi connectivity index (χ1n) is 13.0. The van der Waals surface area contributed by atoms with Crippen LogP contribution in [0.5, 0.6) is 0 Å². The number of carbonyl (C=O) groups is 3. The second-order valence-corrected chi connectivity index (χ2v) is 9.70. The fourth-order valence-electron chi connectivity index (χ4n) is 5.54. The second kappa shape index (κ2) is 9.39. The van der Waals surface area contributed by atoms with Gasteiger partial charge >= 0.3 is 18.0 Å². The fraction of sp³-hybridized carbons (Fsp3) is 0. The minimum Gasteiger partial charge on any atom is -0.478 e. The van der Waals surface area contributed by atoms with Gasteiger partial charge in [0.1, 0.15) is 0 Å². The number of hydrogen-bond donors (Lipinski definition) is 3. The van der Waals surface area contributed by atoms with Gasteiger partial charge in [-0.1, -0.05) is 72.8 Å². The number of rotatable bonds is 3. The van der Waals surface area contributed by atoms with Crippen LogP contribution < -0.4 is 10.6 Å². The minimum atomic E-state index is -1.19. The van der Waals surface area contributed by atoms with E-state index in [1.165, 1.54) is 12.1 Å². The Morgan fingerprint density at radius 1 is 0.488 bits per heavy atom. The van der Waals surface area contributed by atoms with E-state index in [0.717, 1.165) is 43.6 Å². The summed E-state index contributed by atoms with van der Waals surface area (Å²) in [5.41, 5.74) is 3.27. The van der Waals surface area contributed by atoms with E-state index in [0.29, 0.717) is 0 Å². The van der Waals surface area contributed by atoms with Crippen molar-refractivity contribution in [2.24, 2.45) is 0 Å². The summed E-state index contributed by atoms with van der Waals surface area (Å²) in [6.07, 6.45) is 0. The number of carboxylic acid groups (broad SMARTS) is 1. The van der Waals surface area contributed by atoms with Gasteiger partial charge in [-0.3, -0.25) is 9.13 Å². The van der Waals surface area contributed by atoms with E-state index in [1.54, 1.807) is 15.2 Å². The molecule has 0 atom stereocenters. The summed E-state index contributed by atoms with van der Waals surface area (Å²) >= 11 is 0. The smallest absolute Gasteiger partial charge is 0.335 e. The Kier molecular flexibility index (Phi) is 5.54. The highest BCUT2D eigenvalue weighted by molar-refractivity contribution is 6.16. The molecule has 198 valence electrons. The molecule has 8 heteroatoms. The molecule has 0 saturated heterocycles. The molecular weight excluding hydrogens is 516 g/mol. The number of aromatic carboxylic acids is 1. The molecule has 0 fully saturated rings. The molecule has 2 heterocycles. The highest BCUT2D eigenvalue weighted by atomic mass is 16.4. The topological polar surface area (TPSA) is 105 Å². The molecule has 0 aliphatic rings. The Hall–Kier alpha value is -5.89. The number of anilines is 2. The van der Waals surface area contributed by atoms with Gasteiger partial charge in [0.2, 0.25) is 0 Å². The van der Waals surface area contributed by atoms with Crippen molar-refractivity contribution in [3.8, 4) is 0 Å². The van der Waals surface area contributed by atoms with Gasteiger partial charge in [-0.05, 0) is 42.5 Å². The van der Waals surface area contributed by atoms with Crippen LogP contribution in [-0.4, -0.2) is 32.3 Å². The minimum absolute atomic E-state index is 0.0810. The molecule has 8 nitrogen and oxygen atoms in total. The predicted molar refractivity (Wildman–Crippen MR) is 161 cm³/mol. The zero-order chi connectivity index (χ0) is 28.1. The summed E-state index contributed by atoms with van der Waals surface area (Å²) in [5, 5.41) is 19.2. The number of para-hydroxylation sites is 4. The van der Waals surface area contributed by atoms with Crippen LogP contribution in [-0.2, 0) is 0 Å². The van der Waals surface area contributed by atoms with Crippen LogP contribution >= 0.6 is 0 Å². The monoisotopic (exact) mass is 538 g/mol. The molecule has 0 radical (unpaired) electrons. The largest absolute Gasteiger partial charge is 0.478 e. The van der Waals surface area contributed by atoms with Gasteiger partial charge in [-0.2, -0.15) is 0 Å². The molecule has 41 heavy (non-hydrogen) atoms. The van der Waals surface area contributed by atoms with Crippen LogP contribution in [0.25, 0.3) is 43.6 Å². The standard InChI is InChI=1S/C33H22N4O4/c38-31(39)20-17-21(34-32(40)36-27-13-5-1-9-23(27)24-10-2-6-14-28(24)36)19-22(18-20)35-33(41)37-29-15-7-3-11-25(29)26-12-4-8-16-30(26)37/h1-19H,(H,34,40)(H,35,41)(H,38,39). The Morgan fingerprint density at radius 3 is 1.12 bits per heavy atom. The van der Waals surface area contributed by atoms with Crippen molar-refractivity contribution >= 4 is 73.0 Å². The molecular formula is C33H22N4O4. The van der Waals surface area contributed by atoms with E-state index < -0.39 is 18.0 Å². The van der Waals surface area contributed by atoms with Gasteiger partial charge in [0, 0.05) is 32.9 Å². The molecule has 2 aromatic heterocycles. The second-order valence-electron chi connectivity index (χ2n) is 9.70. The van der Waals surface area contributed by atoms with Crippen LogP contribution in [0.2, 0.25) is 0 Å². The number of nitrogens with zero attached hydrogens (tertiary/aromatic N) is 2. The Morgan fingerprint density at radius 2 is 0.805 bits per heavy atom. The molecule has 0 unspecified atom stereocenters. The Balaban J connectivity index is 1.27. The first-order chi connectivity index (χ1) is 20.0. The van der Waals surface area contributed by atoms with Crippen molar-refractivity contribution in [3.05, 3.63) is 121 Å². The maximum atomic E-state index is 13.6. The Bertz CT molecular complexity index is 1940. The lowest BCUT2D eigenvalue weighted by molar-refractivity contribution is 0.0697. The third kappa shape index (κ3) is 3.97. The van der Waals surface area contributed by atoms with E-state index in [2.05, 4.69) is 10.6 Å². The first-order valence-corrected chi connectivity index (χ1v) is 13.0. The third-order valence-electron chi connectivity index (χ3n) is 7.25. The summed E-state index contributed by atoms with van der Waals surface area (Å²) in [4.78, 5) is 39.2. The molecule has 0 bridgehead atoms. The average molecular weight is 539 g/mol. The average Bonchev–Trinajstić information content (AvgIpc) is 3.50. The van der Waals surface area contributed by atoms with Crippen molar-refractivity contribution < 1.29 is 19.5 Å². The lowest BCUT2D eigenvalue weighted by Crippen LogP contribution is -2.21. The summed E-state index contributed by atoms with van der Waals surface area (Å²) in [6.45, 7) is 0. The van der Waals surface area contributed by atoms with E-state index in [1.807, 2.05) is 97.1 Å². The van der Waals surface area contributed by atoms with Gasteiger partial charge in [-0.15, -0.1) is 0 Å². The zero-order valence-electron chi connectivity index (χ0n) is 21.5. The van der Waals surface area contributed by atoms with Crippen LogP contribution in [0.4, 0.5) is 21.0 Å². The van der Waals surface area contributed by atoms with Gasteiger partial charge in [0.05, 0.1) is 27.6 Å². The van der Waals surface area contributed by atoms with E-state index >= 15 is 0 Å². The van der Waals surface area contributed by atoms with Crippen LogP contribution in [0.15, 0.2) is 115 Å².